The van der Waals surface area contributed by atoms with E-state index in [-0.39, 0.29) is 10.9 Å². The van der Waals surface area contributed by atoms with Crippen molar-refractivity contribution in [2.75, 3.05) is 18.6 Å². The summed E-state index contributed by atoms with van der Waals surface area (Å²) in [7, 11) is 1.48. The number of aromatic nitrogens is 1. The van der Waals surface area contributed by atoms with Crippen LogP contribution in [0.15, 0.2) is 28.7 Å². The molecule has 1 aromatic carbocycles. The Hall–Kier alpha value is -2.47. The zero-order chi connectivity index (χ0) is 15.1. The third-order valence-electron chi connectivity index (χ3n) is 3.12. The van der Waals surface area contributed by atoms with Crippen LogP contribution in [-0.4, -0.2) is 12.1 Å². The second kappa shape index (κ2) is 4.82. The van der Waals surface area contributed by atoms with Crippen LogP contribution in [0.5, 0.6) is 5.88 Å². The van der Waals surface area contributed by atoms with Gasteiger partial charge >= 0.3 is 0 Å². The molecule has 3 rings (SSSR count). The molecule has 0 aliphatic heterocycles. The molecule has 0 saturated carbocycles. The fourth-order valence-electron chi connectivity index (χ4n) is 2.05. The predicted molar refractivity (Wildman–Crippen MR) is 79.8 cm³/mol. The molecule has 7 heteroatoms. The molecule has 0 atom stereocenters. The van der Waals surface area contributed by atoms with Crippen molar-refractivity contribution in [3.8, 4) is 17.1 Å². The number of rotatable bonds is 2. The van der Waals surface area contributed by atoms with Gasteiger partial charge in [-0.05, 0) is 18.2 Å². The number of methoxy groups -OCH3 is 1. The number of hydrogen-bond donors (Lipinski definition) is 2. The first-order valence-corrected chi connectivity index (χ1v) is 6.37. The topological polar surface area (TPSA) is 87.3 Å². The number of anilines is 2. The van der Waals surface area contributed by atoms with Crippen molar-refractivity contribution in [3.05, 3.63) is 35.1 Å². The number of fused-ring (bicyclic) bond motifs is 1. The number of nitrogens with two attached hydrogens (primary N) is 2. The lowest BCUT2D eigenvalue weighted by Gasteiger charge is -2.06. The largest absolute Gasteiger partial charge is 0.481 e. The van der Waals surface area contributed by atoms with E-state index < -0.39 is 5.82 Å². The highest BCUT2D eigenvalue weighted by molar-refractivity contribution is 6.31. The van der Waals surface area contributed by atoms with Crippen LogP contribution in [0, 0.1) is 5.82 Å². The summed E-state index contributed by atoms with van der Waals surface area (Å²) in [4.78, 5) is 4.31. The minimum absolute atomic E-state index is 0.0160. The summed E-state index contributed by atoms with van der Waals surface area (Å²) >= 11 is 5.81. The minimum atomic E-state index is -0.516. The highest BCUT2D eigenvalue weighted by Crippen LogP contribution is 2.38. The lowest BCUT2D eigenvalue weighted by Crippen LogP contribution is -1.93. The standard InChI is InChI=1S/C14H11ClFN3O2/c1-20-10-5-7-11(17)14(18)21-13(7)12(19-10)6-2-3-9(16)8(15)4-6/h2-5H,17-18H2,1H3. The molecule has 0 fully saturated rings. The van der Waals surface area contributed by atoms with Crippen molar-refractivity contribution in [1.82, 2.24) is 4.98 Å². The van der Waals surface area contributed by atoms with E-state index in [1.165, 1.54) is 25.3 Å². The number of furan rings is 1. The molecule has 0 aliphatic rings. The molecule has 4 N–H and O–H groups in total. The first-order chi connectivity index (χ1) is 10.0. The van der Waals surface area contributed by atoms with Crippen molar-refractivity contribution in [1.29, 1.82) is 0 Å². The number of benzene rings is 1. The summed E-state index contributed by atoms with van der Waals surface area (Å²) in [5, 5.41) is 0.563. The van der Waals surface area contributed by atoms with Gasteiger partial charge in [0.1, 0.15) is 17.2 Å². The van der Waals surface area contributed by atoms with Crippen LogP contribution >= 0.6 is 11.6 Å². The number of pyridine rings is 1. The molecule has 3 aromatic rings. The van der Waals surface area contributed by atoms with Gasteiger partial charge in [-0.25, -0.2) is 9.37 Å². The summed E-state index contributed by atoms with van der Waals surface area (Å²) in [6.45, 7) is 0. The minimum Gasteiger partial charge on any atom is -0.481 e. The Morgan fingerprint density at radius 1 is 1.29 bits per heavy atom. The van der Waals surface area contributed by atoms with Crippen LogP contribution in [0.1, 0.15) is 0 Å². The van der Waals surface area contributed by atoms with Crippen molar-refractivity contribution in [2.45, 2.75) is 0 Å². The van der Waals surface area contributed by atoms with Crippen LogP contribution in [0.4, 0.5) is 16.0 Å². The van der Waals surface area contributed by atoms with Gasteiger partial charge in [0, 0.05) is 11.6 Å². The molecule has 0 amide bonds. The van der Waals surface area contributed by atoms with E-state index in [9.17, 15) is 4.39 Å². The molecule has 108 valence electrons. The molecule has 2 heterocycles. The Labute approximate surface area is 124 Å². The second-order valence-corrected chi connectivity index (χ2v) is 4.81. The third-order valence-corrected chi connectivity index (χ3v) is 3.41. The Morgan fingerprint density at radius 2 is 2.05 bits per heavy atom. The van der Waals surface area contributed by atoms with Crippen molar-refractivity contribution in [3.63, 3.8) is 0 Å². The second-order valence-electron chi connectivity index (χ2n) is 4.40. The highest BCUT2D eigenvalue weighted by atomic mass is 35.5. The summed E-state index contributed by atoms with van der Waals surface area (Å²) in [6, 6.07) is 5.86. The zero-order valence-electron chi connectivity index (χ0n) is 11.0. The fraction of sp³-hybridized carbons (Fsp3) is 0.0714. The lowest BCUT2D eigenvalue weighted by atomic mass is 10.1. The molecule has 0 spiro atoms. The number of nitrogen functional groups attached to an aromatic ring is 2. The molecule has 0 radical (unpaired) electrons. The number of halogens is 2. The van der Waals surface area contributed by atoms with Gasteiger partial charge in [-0.2, -0.15) is 0 Å². The quantitative estimate of drug-likeness (QED) is 0.757. The van der Waals surface area contributed by atoms with Gasteiger partial charge in [-0.1, -0.05) is 11.6 Å². The molecule has 0 bridgehead atoms. The van der Waals surface area contributed by atoms with Gasteiger partial charge in [-0.3, -0.25) is 0 Å². The fourth-order valence-corrected chi connectivity index (χ4v) is 2.24. The van der Waals surface area contributed by atoms with Crippen LogP contribution in [0.2, 0.25) is 5.02 Å². The van der Waals surface area contributed by atoms with E-state index in [1.54, 1.807) is 6.07 Å². The highest BCUT2D eigenvalue weighted by Gasteiger charge is 2.18. The lowest BCUT2D eigenvalue weighted by molar-refractivity contribution is 0.399. The summed E-state index contributed by atoms with van der Waals surface area (Å²) in [5.41, 5.74) is 13.3. The predicted octanol–water partition coefficient (Wildman–Crippen LogP) is 3.46. The normalized spacial score (nSPS) is 11.0. The van der Waals surface area contributed by atoms with Crippen molar-refractivity contribution < 1.29 is 13.5 Å². The van der Waals surface area contributed by atoms with Gasteiger partial charge in [-0.15, -0.1) is 0 Å². The van der Waals surface area contributed by atoms with Crippen LogP contribution in [-0.2, 0) is 0 Å². The molecule has 0 saturated heterocycles. The van der Waals surface area contributed by atoms with Gasteiger partial charge in [0.05, 0.1) is 17.5 Å². The third kappa shape index (κ3) is 2.13. The van der Waals surface area contributed by atoms with Gasteiger partial charge in [0.15, 0.2) is 5.58 Å². The zero-order valence-corrected chi connectivity index (χ0v) is 11.7. The summed E-state index contributed by atoms with van der Waals surface area (Å²) in [5.74, 6) is -0.0852. The molecule has 0 unspecified atom stereocenters. The Bertz CT molecular complexity index is 848. The summed E-state index contributed by atoms with van der Waals surface area (Å²) in [6.07, 6.45) is 0. The number of hydrogen-bond acceptors (Lipinski definition) is 5. The van der Waals surface area contributed by atoms with E-state index in [1.807, 2.05) is 0 Å². The first kappa shape index (κ1) is 13.5. The average molecular weight is 308 g/mol. The van der Waals surface area contributed by atoms with E-state index in [0.29, 0.717) is 33.8 Å². The van der Waals surface area contributed by atoms with Crippen LogP contribution in [0.25, 0.3) is 22.2 Å². The van der Waals surface area contributed by atoms with Crippen LogP contribution in [0.3, 0.4) is 0 Å². The van der Waals surface area contributed by atoms with Gasteiger partial charge in [0.25, 0.3) is 0 Å². The number of ether oxygens (including phenoxy) is 1. The molecule has 2 aromatic heterocycles. The monoisotopic (exact) mass is 307 g/mol. The molecular weight excluding hydrogens is 297 g/mol. The van der Waals surface area contributed by atoms with E-state index >= 15 is 0 Å². The van der Waals surface area contributed by atoms with Crippen LogP contribution < -0.4 is 16.2 Å². The van der Waals surface area contributed by atoms with E-state index in [0.717, 1.165) is 0 Å². The maximum absolute atomic E-state index is 13.3. The Morgan fingerprint density at radius 3 is 2.71 bits per heavy atom. The molecule has 0 aliphatic carbocycles. The Kier molecular flexibility index (Phi) is 3.10. The average Bonchev–Trinajstić information content (AvgIpc) is 2.76. The van der Waals surface area contributed by atoms with Crippen molar-refractivity contribution >= 4 is 34.1 Å². The smallest absolute Gasteiger partial charge is 0.214 e. The van der Waals surface area contributed by atoms with E-state index in [2.05, 4.69) is 4.98 Å². The number of nitrogens with zero attached hydrogens (tertiary/aromatic N) is 1. The summed E-state index contributed by atoms with van der Waals surface area (Å²) < 4.78 is 23.9. The molecule has 21 heavy (non-hydrogen) atoms. The maximum atomic E-state index is 13.3. The van der Waals surface area contributed by atoms with Gasteiger partial charge in [0.2, 0.25) is 11.8 Å². The molecular formula is C14H11ClFN3O2. The Balaban J connectivity index is 2.34. The van der Waals surface area contributed by atoms with Crippen molar-refractivity contribution in [2.24, 2.45) is 0 Å². The first-order valence-electron chi connectivity index (χ1n) is 5.99. The van der Waals surface area contributed by atoms with Gasteiger partial charge < -0.3 is 20.6 Å². The van der Waals surface area contributed by atoms with E-state index in [4.69, 9.17) is 32.2 Å². The SMILES string of the molecule is COc1cc2c(N)c(N)oc2c(-c2ccc(F)c(Cl)c2)n1. The molecule has 5 nitrogen and oxygen atoms in total. The maximum Gasteiger partial charge on any atom is 0.214 e.